The number of cyclic esters (lactones) is 1. The molecule has 1 unspecified atom stereocenters. The Labute approximate surface area is 65.7 Å². The predicted molar refractivity (Wildman–Crippen MR) is 39.6 cm³/mol. The predicted octanol–water partition coefficient (Wildman–Crippen LogP) is 0.834. The lowest BCUT2D eigenvalue weighted by molar-refractivity contribution is -0.182. The molecule has 0 aliphatic carbocycles. The van der Waals surface area contributed by atoms with E-state index in [4.69, 9.17) is 0 Å². The van der Waals surface area contributed by atoms with Crippen molar-refractivity contribution >= 4 is 5.97 Å². The molecule has 1 aliphatic rings. The first-order chi connectivity index (χ1) is 5.02. The van der Waals surface area contributed by atoms with Crippen molar-refractivity contribution in [1.29, 1.82) is 0 Å². The topological polar surface area (TPSA) is 46.5 Å². The van der Waals surface area contributed by atoms with Gasteiger partial charge in [0.2, 0.25) is 5.79 Å². The van der Waals surface area contributed by atoms with E-state index in [1.807, 2.05) is 13.8 Å². The Bertz CT molecular complexity index is 196. The fourth-order valence-corrected chi connectivity index (χ4v) is 1.14. The molecule has 0 amide bonds. The highest BCUT2D eigenvalue weighted by atomic mass is 16.7. The Kier molecular flexibility index (Phi) is 2.00. The molecule has 1 aliphatic heterocycles. The van der Waals surface area contributed by atoms with Crippen LogP contribution >= 0.6 is 0 Å². The monoisotopic (exact) mass is 156 g/mol. The van der Waals surface area contributed by atoms with Crippen molar-refractivity contribution in [3.63, 3.8) is 0 Å². The van der Waals surface area contributed by atoms with Gasteiger partial charge in [-0.05, 0) is 12.0 Å². The molecule has 0 spiro atoms. The molecule has 3 heteroatoms. The molecule has 0 radical (unpaired) electrons. The lowest BCUT2D eigenvalue weighted by Crippen LogP contribution is -2.29. The molecule has 0 saturated heterocycles. The molecule has 1 rings (SSSR count). The van der Waals surface area contributed by atoms with Crippen LogP contribution < -0.4 is 0 Å². The zero-order chi connectivity index (χ0) is 8.48. The van der Waals surface area contributed by atoms with Crippen molar-refractivity contribution in [2.45, 2.75) is 26.1 Å². The van der Waals surface area contributed by atoms with E-state index < -0.39 is 11.8 Å². The summed E-state index contributed by atoms with van der Waals surface area (Å²) in [6.07, 6.45) is 3.10. The van der Waals surface area contributed by atoms with Crippen LogP contribution in [0.15, 0.2) is 12.2 Å². The molecule has 1 atom stereocenters. The van der Waals surface area contributed by atoms with Crippen LogP contribution in [0.5, 0.6) is 0 Å². The van der Waals surface area contributed by atoms with Crippen LogP contribution in [0.1, 0.15) is 20.3 Å². The fraction of sp³-hybridized carbons (Fsp3) is 0.625. The van der Waals surface area contributed by atoms with Crippen LogP contribution in [0, 0.1) is 5.92 Å². The minimum atomic E-state index is -1.34. The zero-order valence-corrected chi connectivity index (χ0v) is 6.70. The number of ether oxygens (including phenoxy) is 1. The first-order valence-corrected chi connectivity index (χ1v) is 3.66. The third kappa shape index (κ3) is 2.05. The van der Waals surface area contributed by atoms with Crippen molar-refractivity contribution in [2.24, 2.45) is 5.92 Å². The summed E-state index contributed by atoms with van der Waals surface area (Å²) in [6.45, 7) is 3.91. The smallest absolute Gasteiger partial charge is 0.333 e. The highest BCUT2D eigenvalue weighted by Crippen LogP contribution is 2.24. The van der Waals surface area contributed by atoms with Gasteiger partial charge in [-0.25, -0.2) is 4.79 Å². The van der Waals surface area contributed by atoms with E-state index in [1.165, 1.54) is 12.2 Å². The number of rotatable bonds is 2. The zero-order valence-electron chi connectivity index (χ0n) is 6.70. The molecule has 0 bridgehead atoms. The maximum absolute atomic E-state index is 10.6. The number of aliphatic hydroxyl groups is 1. The molecule has 0 aromatic heterocycles. The first-order valence-electron chi connectivity index (χ1n) is 3.66. The second-order valence-corrected chi connectivity index (χ2v) is 3.20. The van der Waals surface area contributed by atoms with Gasteiger partial charge in [-0.2, -0.15) is 0 Å². The van der Waals surface area contributed by atoms with E-state index in [2.05, 4.69) is 4.74 Å². The van der Waals surface area contributed by atoms with Gasteiger partial charge in [0.05, 0.1) is 0 Å². The van der Waals surface area contributed by atoms with Crippen LogP contribution in [0.4, 0.5) is 0 Å². The van der Waals surface area contributed by atoms with Crippen molar-refractivity contribution in [3.05, 3.63) is 12.2 Å². The van der Waals surface area contributed by atoms with Gasteiger partial charge in [-0.15, -0.1) is 0 Å². The van der Waals surface area contributed by atoms with Gasteiger partial charge in [0.15, 0.2) is 0 Å². The van der Waals surface area contributed by atoms with Gasteiger partial charge >= 0.3 is 5.97 Å². The molecule has 1 N–H and O–H groups in total. The SMILES string of the molecule is CC(C)CC1(O)C=CC(=O)O1. The van der Waals surface area contributed by atoms with Crippen molar-refractivity contribution in [1.82, 2.24) is 0 Å². The van der Waals surface area contributed by atoms with Gasteiger partial charge in [0.25, 0.3) is 0 Å². The van der Waals surface area contributed by atoms with Crippen LogP contribution in [-0.2, 0) is 9.53 Å². The van der Waals surface area contributed by atoms with E-state index in [0.717, 1.165) is 0 Å². The second-order valence-electron chi connectivity index (χ2n) is 3.20. The molecule has 0 fully saturated rings. The normalized spacial score (nSPS) is 29.6. The van der Waals surface area contributed by atoms with Crippen molar-refractivity contribution in [2.75, 3.05) is 0 Å². The van der Waals surface area contributed by atoms with Crippen molar-refractivity contribution < 1.29 is 14.6 Å². The summed E-state index contributed by atoms with van der Waals surface area (Å²) in [5.74, 6) is -1.51. The third-order valence-corrected chi connectivity index (χ3v) is 1.46. The maximum atomic E-state index is 10.6. The molecular weight excluding hydrogens is 144 g/mol. The molecule has 1 heterocycles. The maximum Gasteiger partial charge on any atom is 0.333 e. The Morgan fingerprint density at radius 2 is 2.36 bits per heavy atom. The van der Waals surface area contributed by atoms with Crippen LogP contribution in [0.2, 0.25) is 0 Å². The van der Waals surface area contributed by atoms with E-state index in [1.54, 1.807) is 0 Å². The van der Waals surface area contributed by atoms with Crippen LogP contribution in [-0.4, -0.2) is 16.9 Å². The fourth-order valence-electron chi connectivity index (χ4n) is 1.14. The third-order valence-electron chi connectivity index (χ3n) is 1.46. The Morgan fingerprint density at radius 3 is 2.73 bits per heavy atom. The van der Waals surface area contributed by atoms with Gasteiger partial charge in [0, 0.05) is 12.5 Å². The Morgan fingerprint density at radius 1 is 1.73 bits per heavy atom. The number of carbonyl (C=O) groups is 1. The van der Waals surface area contributed by atoms with Crippen molar-refractivity contribution in [3.8, 4) is 0 Å². The molecule has 62 valence electrons. The van der Waals surface area contributed by atoms with E-state index in [0.29, 0.717) is 12.3 Å². The van der Waals surface area contributed by atoms with Gasteiger partial charge in [-0.1, -0.05) is 13.8 Å². The molecular formula is C8H12O3. The van der Waals surface area contributed by atoms with Gasteiger partial charge < -0.3 is 9.84 Å². The number of esters is 1. The average Bonchev–Trinajstić information content (AvgIpc) is 2.08. The number of hydrogen-bond donors (Lipinski definition) is 1. The van der Waals surface area contributed by atoms with E-state index in [-0.39, 0.29) is 0 Å². The van der Waals surface area contributed by atoms with Crippen LogP contribution in [0.25, 0.3) is 0 Å². The summed E-state index contributed by atoms with van der Waals surface area (Å²) >= 11 is 0. The molecule has 11 heavy (non-hydrogen) atoms. The standard InChI is InChI=1S/C8H12O3/c1-6(2)5-8(10)4-3-7(9)11-8/h3-4,6,10H,5H2,1-2H3. The molecule has 0 saturated carbocycles. The van der Waals surface area contributed by atoms with Gasteiger partial charge in [-0.3, -0.25) is 0 Å². The largest absolute Gasteiger partial charge is 0.426 e. The van der Waals surface area contributed by atoms with Crippen LogP contribution in [0.3, 0.4) is 0 Å². The highest BCUT2D eigenvalue weighted by molar-refractivity contribution is 5.84. The number of carbonyl (C=O) groups excluding carboxylic acids is 1. The minimum absolute atomic E-state index is 0.301. The summed E-state index contributed by atoms with van der Waals surface area (Å²) in [7, 11) is 0. The second kappa shape index (κ2) is 2.66. The van der Waals surface area contributed by atoms with Gasteiger partial charge in [0.1, 0.15) is 0 Å². The molecule has 0 aromatic carbocycles. The average molecular weight is 156 g/mol. The Hall–Kier alpha value is -0.830. The molecule has 0 aromatic rings. The summed E-state index contributed by atoms with van der Waals surface area (Å²) in [6, 6.07) is 0. The highest BCUT2D eigenvalue weighted by Gasteiger charge is 2.33. The first kappa shape index (κ1) is 8.27. The summed E-state index contributed by atoms with van der Waals surface area (Å²) in [4.78, 5) is 10.6. The quantitative estimate of drug-likeness (QED) is 0.602. The van der Waals surface area contributed by atoms with E-state index in [9.17, 15) is 9.90 Å². The number of hydrogen-bond acceptors (Lipinski definition) is 3. The van der Waals surface area contributed by atoms with E-state index >= 15 is 0 Å². The lowest BCUT2D eigenvalue weighted by Gasteiger charge is -2.21. The lowest BCUT2D eigenvalue weighted by atomic mass is 10.0. The summed E-state index contributed by atoms with van der Waals surface area (Å²) < 4.78 is 4.67. The Balaban J connectivity index is 2.56. The minimum Gasteiger partial charge on any atom is -0.426 e. The molecule has 3 nitrogen and oxygen atoms in total. The summed E-state index contributed by atoms with van der Waals surface area (Å²) in [5, 5.41) is 9.50. The summed E-state index contributed by atoms with van der Waals surface area (Å²) in [5.41, 5.74) is 0.